The van der Waals surface area contributed by atoms with Crippen molar-refractivity contribution in [1.29, 1.82) is 0 Å². The van der Waals surface area contributed by atoms with Gasteiger partial charge in [-0.2, -0.15) is 0 Å². The highest BCUT2D eigenvalue weighted by Crippen LogP contribution is 2.31. The normalized spacial score (nSPS) is 19.2. The highest BCUT2D eigenvalue weighted by atomic mass is 16.4. The van der Waals surface area contributed by atoms with E-state index in [2.05, 4.69) is 18.8 Å². The Morgan fingerprint density at radius 1 is 1.00 bits per heavy atom. The molecule has 0 aromatic heterocycles. The summed E-state index contributed by atoms with van der Waals surface area (Å²) in [6, 6.07) is 0. The number of aliphatic imine (C=N–C) groups is 1. The Morgan fingerprint density at radius 2 is 1.57 bits per heavy atom. The van der Waals surface area contributed by atoms with E-state index < -0.39 is 5.97 Å². The molecular formula is C19H33NO3. The number of carboxylic acids is 1. The first-order valence-electron chi connectivity index (χ1n) is 9.15. The van der Waals surface area contributed by atoms with Gasteiger partial charge in [0.1, 0.15) is 5.78 Å². The Hall–Kier alpha value is -1.19. The topological polar surface area (TPSA) is 66.7 Å². The highest BCUT2D eigenvalue weighted by Gasteiger charge is 2.29. The molecule has 132 valence electrons. The molecule has 0 radical (unpaired) electrons. The predicted octanol–water partition coefficient (Wildman–Crippen LogP) is 4.80. The summed E-state index contributed by atoms with van der Waals surface area (Å²) in [5.74, 6) is -0.349. The number of carbonyl (C=O) groups is 2. The molecule has 0 bridgehead atoms. The van der Waals surface area contributed by atoms with Crippen LogP contribution in [0.3, 0.4) is 0 Å². The minimum Gasteiger partial charge on any atom is -0.481 e. The molecule has 0 atom stereocenters. The predicted molar refractivity (Wildman–Crippen MR) is 94.1 cm³/mol. The minimum atomic E-state index is -0.685. The Kier molecular flexibility index (Phi) is 9.12. The van der Waals surface area contributed by atoms with Crippen LogP contribution in [0.4, 0.5) is 0 Å². The molecule has 1 N–H and O–H groups in total. The molecule has 1 aliphatic rings. The third-order valence-corrected chi connectivity index (χ3v) is 4.39. The van der Waals surface area contributed by atoms with Gasteiger partial charge in [0.2, 0.25) is 0 Å². The molecule has 0 aliphatic heterocycles. The van der Waals surface area contributed by atoms with Crippen LogP contribution >= 0.6 is 0 Å². The molecule has 1 rings (SSSR count). The largest absolute Gasteiger partial charge is 0.481 e. The molecule has 0 amide bonds. The van der Waals surface area contributed by atoms with E-state index in [4.69, 9.17) is 5.11 Å². The third kappa shape index (κ3) is 10.2. The zero-order chi connectivity index (χ0) is 17.1. The Morgan fingerprint density at radius 3 is 2.13 bits per heavy atom. The molecule has 23 heavy (non-hydrogen) atoms. The molecule has 0 aromatic rings. The molecule has 0 unspecified atom stereocenters. The summed E-state index contributed by atoms with van der Waals surface area (Å²) in [5, 5.41) is 8.54. The van der Waals surface area contributed by atoms with Gasteiger partial charge in [-0.25, -0.2) is 0 Å². The van der Waals surface area contributed by atoms with Crippen molar-refractivity contribution >= 4 is 17.5 Å². The van der Waals surface area contributed by atoms with Crippen molar-refractivity contribution in [3.8, 4) is 0 Å². The van der Waals surface area contributed by atoms with Crippen molar-refractivity contribution in [1.82, 2.24) is 0 Å². The number of hydrogen-bond acceptors (Lipinski definition) is 3. The van der Waals surface area contributed by atoms with E-state index in [0.717, 1.165) is 44.4 Å². The second kappa shape index (κ2) is 10.6. The molecule has 1 fully saturated rings. The zero-order valence-electron chi connectivity index (χ0n) is 14.9. The fourth-order valence-electron chi connectivity index (χ4n) is 3.30. The van der Waals surface area contributed by atoms with Crippen LogP contribution in [0.15, 0.2) is 4.99 Å². The number of carbonyl (C=O) groups excluding carboxylic acids is 1. The quantitative estimate of drug-likeness (QED) is 0.555. The van der Waals surface area contributed by atoms with Crippen molar-refractivity contribution in [3.05, 3.63) is 0 Å². The van der Waals surface area contributed by atoms with Gasteiger partial charge in [-0.05, 0) is 24.7 Å². The zero-order valence-corrected chi connectivity index (χ0v) is 14.9. The van der Waals surface area contributed by atoms with Crippen molar-refractivity contribution in [2.75, 3.05) is 6.54 Å². The van der Waals surface area contributed by atoms with E-state index in [-0.39, 0.29) is 5.41 Å². The number of Topliss-reactive ketones (excluding diaryl/α,β-unsaturated/α-hetero) is 1. The third-order valence-electron chi connectivity index (χ3n) is 4.39. The van der Waals surface area contributed by atoms with Gasteiger partial charge in [-0.3, -0.25) is 14.6 Å². The first-order chi connectivity index (χ1) is 10.9. The summed E-state index contributed by atoms with van der Waals surface area (Å²) >= 11 is 0. The Bertz CT molecular complexity index is 413. The van der Waals surface area contributed by atoms with Crippen molar-refractivity contribution in [3.63, 3.8) is 0 Å². The number of carboxylic acid groups (broad SMARTS) is 1. The Balaban J connectivity index is 1.98. The van der Waals surface area contributed by atoms with Crippen LogP contribution in [0.1, 0.15) is 90.9 Å². The maximum absolute atomic E-state index is 11.7. The first-order valence-corrected chi connectivity index (χ1v) is 9.15. The van der Waals surface area contributed by atoms with Crippen LogP contribution < -0.4 is 0 Å². The highest BCUT2D eigenvalue weighted by molar-refractivity contribution is 6.04. The molecule has 0 spiro atoms. The van der Waals surface area contributed by atoms with Gasteiger partial charge in [0.25, 0.3) is 0 Å². The molecule has 0 aromatic carbocycles. The van der Waals surface area contributed by atoms with Gasteiger partial charge >= 0.3 is 5.97 Å². The number of hydrogen-bond donors (Lipinski definition) is 1. The van der Waals surface area contributed by atoms with Gasteiger partial charge in [0.05, 0.1) is 0 Å². The number of aliphatic carboxylic acids is 1. The van der Waals surface area contributed by atoms with E-state index in [1.807, 2.05) is 0 Å². The van der Waals surface area contributed by atoms with Crippen LogP contribution in [-0.4, -0.2) is 29.1 Å². The van der Waals surface area contributed by atoms with Crippen LogP contribution in [0.2, 0.25) is 0 Å². The average Bonchev–Trinajstić information content (AvgIpc) is 2.42. The molecule has 1 saturated carbocycles. The SMILES string of the molecule is CC1(C)CC(=O)CC(=NCCCCCCCCCCC(=O)O)C1. The standard InChI is InChI=1S/C19H33NO3/c1-19(2)14-16(13-17(21)15-19)20-12-10-8-6-4-3-5-7-9-11-18(22)23/h3-15H2,1-2H3,(H,22,23). The van der Waals surface area contributed by atoms with E-state index in [0.29, 0.717) is 25.0 Å². The second-order valence-electron chi connectivity index (χ2n) is 7.65. The Labute approximate surface area is 140 Å². The minimum absolute atomic E-state index is 0.0921. The van der Waals surface area contributed by atoms with Gasteiger partial charge in [-0.15, -0.1) is 0 Å². The molecule has 0 heterocycles. The fourth-order valence-corrected chi connectivity index (χ4v) is 3.30. The lowest BCUT2D eigenvalue weighted by atomic mass is 9.76. The van der Waals surface area contributed by atoms with Crippen LogP contribution in [0, 0.1) is 5.41 Å². The summed E-state index contributed by atoms with van der Waals surface area (Å²) in [6.07, 6.45) is 11.5. The maximum Gasteiger partial charge on any atom is 0.303 e. The first kappa shape index (κ1) is 19.9. The van der Waals surface area contributed by atoms with Gasteiger partial charge in [-0.1, -0.05) is 52.4 Å². The van der Waals surface area contributed by atoms with Crippen LogP contribution in [0.5, 0.6) is 0 Å². The number of rotatable bonds is 11. The van der Waals surface area contributed by atoms with Crippen LogP contribution in [0.25, 0.3) is 0 Å². The number of nitrogens with zero attached hydrogens (tertiary/aromatic N) is 1. The maximum atomic E-state index is 11.7. The summed E-state index contributed by atoms with van der Waals surface area (Å²) in [5.41, 5.74) is 1.19. The van der Waals surface area contributed by atoms with E-state index in [9.17, 15) is 9.59 Å². The summed E-state index contributed by atoms with van der Waals surface area (Å²) in [7, 11) is 0. The van der Waals surface area contributed by atoms with E-state index in [1.54, 1.807) is 0 Å². The van der Waals surface area contributed by atoms with Crippen LogP contribution in [-0.2, 0) is 9.59 Å². The summed E-state index contributed by atoms with van der Waals surface area (Å²) in [6.45, 7) is 5.16. The number of unbranched alkanes of at least 4 members (excludes halogenated alkanes) is 7. The van der Waals surface area contributed by atoms with Crippen molar-refractivity contribution in [2.45, 2.75) is 90.9 Å². The lowest BCUT2D eigenvalue weighted by Crippen LogP contribution is -2.29. The van der Waals surface area contributed by atoms with Gasteiger partial charge in [0.15, 0.2) is 0 Å². The van der Waals surface area contributed by atoms with Gasteiger partial charge < -0.3 is 5.11 Å². The van der Waals surface area contributed by atoms with Crippen molar-refractivity contribution < 1.29 is 14.7 Å². The molecular weight excluding hydrogens is 290 g/mol. The van der Waals surface area contributed by atoms with Crippen molar-refractivity contribution in [2.24, 2.45) is 10.4 Å². The summed E-state index contributed by atoms with van der Waals surface area (Å²) in [4.78, 5) is 26.7. The lowest BCUT2D eigenvalue weighted by Gasteiger charge is -2.29. The fraction of sp³-hybridized carbons (Fsp3) is 0.842. The van der Waals surface area contributed by atoms with Gasteiger partial charge in [0, 0.05) is 31.5 Å². The van der Waals surface area contributed by atoms with E-state index >= 15 is 0 Å². The van der Waals surface area contributed by atoms with E-state index in [1.165, 1.54) is 25.7 Å². The molecule has 0 saturated heterocycles. The average molecular weight is 323 g/mol. The monoisotopic (exact) mass is 323 g/mol. The number of ketones is 1. The molecule has 4 nitrogen and oxygen atoms in total. The lowest BCUT2D eigenvalue weighted by molar-refractivity contribution is -0.137. The molecule has 4 heteroatoms. The smallest absolute Gasteiger partial charge is 0.303 e. The second-order valence-corrected chi connectivity index (χ2v) is 7.65. The summed E-state index contributed by atoms with van der Waals surface area (Å²) < 4.78 is 0. The molecule has 1 aliphatic carbocycles.